The van der Waals surface area contributed by atoms with E-state index in [1.807, 2.05) is 30.3 Å². The second-order valence-corrected chi connectivity index (χ2v) is 10.6. The van der Waals surface area contributed by atoms with E-state index in [2.05, 4.69) is 27.9 Å². The maximum atomic E-state index is 12.9. The number of fused-ring (bicyclic) bond motifs is 1. The van der Waals surface area contributed by atoms with Crippen LogP contribution in [0.15, 0.2) is 61.6 Å². The summed E-state index contributed by atoms with van der Waals surface area (Å²) in [6.07, 6.45) is 11.7. The van der Waals surface area contributed by atoms with Crippen LogP contribution in [-0.2, 0) is 41.9 Å². The molecule has 4 heterocycles. The van der Waals surface area contributed by atoms with Crippen LogP contribution >= 0.6 is 11.3 Å². The van der Waals surface area contributed by atoms with Crippen LogP contribution in [-0.4, -0.2) is 33.4 Å². The van der Waals surface area contributed by atoms with Gasteiger partial charge in [-0.2, -0.15) is 0 Å². The minimum Gasteiger partial charge on any atom is -0.444 e. The Morgan fingerprint density at radius 1 is 1.22 bits per heavy atom. The van der Waals surface area contributed by atoms with Gasteiger partial charge in [0.2, 0.25) is 5.91 Å². The Balaban J connectivity index is 1.28. The van der Waals surface area contributed by atoms with Crippen LogP contribution in [0, 0.1) is 5.41 Å². The predicted octanol–water partition coefficient (Wildman–Crippen LogP) is 5.31. The van der Waals surface area contributed by atoms with E-state index in [0.29, 0.717) is 25.9 Å². The number of carbonyl (C=O) groups excluding carboxylic acids is 2. The average molecular weight is 503 g/mol. The molecule has 7 nitrogen and oxygen atoms in total. The van der Waals surface area contributed by atoms with Crippen molar-refractivity contribution in [1.29, 1.82) is 0 Å². The number of ether oxygens (including phenoxy) is 1. The van der Waals surface area contributed by atoms with E-state index in [4.69, 9.17) is 4.74 Å². The molecule has 1 aliphatic carbocycles. The van der Waals surface area contributed by atoms with Crippen molar-refractivity contribution in [2.75, 3.05) is 11.9 Å². The molecule has 0 bridgehead atoms. The van der Waals surface area contributed by atoms with Gasteiger partial charge in [0, 0.05) is 47.7 Å². The third kappa shape index (κ3) is 5.65. The molecule has 3 aromatic rings. The molecule has 0 radical (unpaired) electrons. The van der Waals surface area contributed by atoms with E-state index in [1.54, 1.807) is 34.8 Å². The summed E-state index contributed by atoms with van der Waals surface area (Å²) < 4.78 is 5.53. The number of nitrogens with one attached hydrogen (secondary N) is 1. The lowest BCUT2D eigenvalue weighted by Gasteiger charge is -2.27. The SMILES string of the molecule is C=CC1(Cc2c(NC(=O)CCc3ccccn3)sc3c2CCN(C(=O)OCc2cccnc2)C3)CC1. The number of amides is 2. The van der Waals surface area contributed by atoms with Crippen molar-refractivity contribution in [2.24, 2.45) is 5.41 Å². The highest BCUT2D eigenvalue weighted by atomic mass is 32.1. The Kier molecular flexibility index (Phi) is 7.13. The van der Waals surface area contributed by atoms with Gasteiger partial charge in [0.1, 0.15) is 6.61 Å². The van der Waals surface area contributed by atoms with Crippen molar-refractivity contribution in [1.82, 2.24) is 14.9 Å². The molecule has 0 atom stereocenters. The van der Waals surface area contributed by atoms with E-state index in [0.717, 1.165) is 46.8 Å². The summed E-state index contributed by atoms with van der Waals surface area (Å²) in [6, 6.07) is 9.45. The predicted molar refractivity (Wildman–Crippen MR) is 140 cm³/mol. The zero-order valence-corrected chi connectivity index (χ0v) is 21.1. The van der Waals surface area contributed by atoms with Gasteiger partial charge in [-0.05, 0) is 66.8 Å². The number of aromatic nitrogens is 2. The van der Waals surface area contributed by atoms with Crippen molar-refractivity contribution in [2.45, 2.75) is 51.7 Å². The van der Waals surface area contributed by atoms with Crippen molar-refractivity contribution in [3.63, 3.8) is 0 Å². The van der Waals surface area contributed by atoms with Crippen LogP contribution in [0.5, 0.6) is 0 Å². The first-order valence-electron chi connectivity index (χ1n) is 12.3. The molecule has 36 heavy (non-hydrogen) atoms. The minimum atomic E-state index is -0.329. The molecule has 186 valence electrons. The van der Waals surface area contributed by atoms with Gasteiger partial charge in [-0.25, -0.2) is 4.79 Å². The average Bonchev–Trinajstić information content (AvgIpc) is 3.62. The number of anilines is 1. The lowest BCUT2D eigenvalue weighted by Crippen LogP contribution is -2.36. The molecule has 0 saturated heterocycles. The van der Waals surface area contributed by atoms with Crippen LogP contribution in [0.1, 0.15) is 46.5 Å². The van der Waals surface area contributed by atoms with Gasteiger partial charge < -0.3 is 15.0 Å². The van der Waals surface area contributed by atoms with Crippen molar-refractivity contribution < 1.29 is 14.3 Å². The lowest BCUT2D eigenvalue weighted by atomic mass is 9.92. The monoisotopic (exact) mass is 502 g/mol. The molecule has 1 aliphatic heterocycles. The zero-order valence-electron chi connectivity index (χ0n) is 20.2. The summed E-state index contributed by atoms with van der Waals surface area (Å²) in [5, 5.41) is 4.09. The number of allylic oxidation sites excluding steroid dienone is 1. The molecule has 0 aromatic carbocycles. The topological polar surface area (TPSA) is 84.4 Å². The number of thiophene rings is 1. The maximum absolute atomic E-state index is 12.9. The molecule has 2 aliphatic rings. The third-order valence-corrected chi connectivity index (χ3v) is 8.13. The Bertz CT molecular complexity index is 1240. The highest BCUT2D eigenvalue weighted by Crippen LogP contribution is 2.52. The number of carbonyl (C=O) groups is 2. The Morgan fingerprint density at radius 2 is 2.11 bits per heavy atom. The smallest absolute Gasteiger partial charge is 0.410 e. The quantitative estimate of drug-likeness (QED) is 0.401. The van der Waals surface area contributed by atoms with Gasteiger partial charge in [0.15, 0.2) is 0 Å². The first-order chi connectivity index (χ1) is 17.5. The summed E-state index contributed by atoms with van der Waals surface area (Å²) in [5.41, 5.74) is 4.37. The van der Waals surface area contributed by atoms with Crippen LogP contribution in [0.2, 0.25) is 0 Å². The summed E-state index contributed by atoms with van der Waals surface area (Å²) >= 11 is 1.59. The fourth-order valence-corrected chi connectivity index (χ4v) is 5.87. The molecular formula is C28H30N4O3S. The van der Waals surface area contributed by atoms with E-state index in [-0.39, 0.29) is 24.0 Å². The first-order valence-corrected chi connectivity index (χ1v) is 13.1. The molecule has 1 N–H and O–H groups in total. The van der Waals surface area contributed by atoms with Crippen LogP contribution < -0.4 is 5.32 Å². The fourth-order valence-electron chi connectivity index (χ4n) is 4.57. The fraction of sp³-hybridized carbons (Fsp3) is 0.357. The highest BCUT2D eigenvalue weighted by Gasteiger charge is 2.41. The largest absolute Gasteiger partial charge is 0.444 e. The Hall–Kier alpha value is -3.52. The van der Waals surface area contributed by atoms with E-state index in [9.17, 15) is 9.59 Å². The number of pyridine rings is 2. The summed E-state index contributed by atoms with van der Waals surface area (Å²) in [4.78, 5) is 36.8. The Labute approximate surface area is 215 Å². The van der Waals surface area contributed by atoms with Gasteiger partial charge in [-0.15, -0.1) is 17.9 Å². The first kappa shape index (κ1) is 24.2. The maximum Gasteiger partial charge on any atom is 0.410 e. The van der Waals surface area contributed by atoms with E-state index < -0.39 is 0 Å². The molecular weight excluding hydrogens is 472 g/mol. The highest BCUT2D eigenvalue weighted by molar-refractivity contribution is 7.16. The van der Waals surface area contributed by atoms with E-state index in [1.165, 1.54) is 11.1 Å². The van der Waals surface area contributed by atoms with Crippen LogP contribution in [0.25, 0.3) is 0 Å². The van der Waals surface area contributed by atoms with Crippen molar-refractivity contribution in [3.8, 4) is 0 Å². The summed E-state index contributed by atoms with van der Waals surface area (Å²) in [6.45, 7) is 5.34. The van der Waals surface area contributed by atoms with Gasteiger partial charge in [0.05, 0.1) is 11.5 Å². The zero-order chi connectivity index (χ0) is 25.0. The van der Waals surface area contributed by atoms with Crippen molar-refractivity contribution in [3.05, 3.63) is 88.8 Å². The minimum absolute atomic E-state index is 0.0170. The third-order valence-electron chi connectivity index (χ3n) is 6.95. The number of hydrogen-bond donors (Lipinski definition) is 1. The number of rotatable bonds is 9. The lowest BCUT2D eigenvalue weighted by molar-refractivity contribution is -0.116. The molecule has 0 unspecified atom stereocenters. The van der Waals surface area contributed by atoms with Crippen molar-refractivity contribution >= 4 is 28.3 Å². The molecule has 0 spiro atoms. The normalized spacial score (nSPS) is 15.6. The molecule has 1 fully saturated rings. The number of hydrogen-bond acceptors (Lipinski definition) is 6. The van der Waals surface area contributed by atoms with Gasteiger partial charge in [0.25, 0.3) is 0 Å². The Morgan fingerprint density at radius 3 is 2.83 bits per heavy atom. The molecule has 8 heteroatoms. The number of nitrogens with zero attached hydrogens (tertiary/aromatic N) is 3. The molecule has 3 aromatic heterocycles. The number of aryl methyl sites for hydroxylation is 1. The second-order valence-electron chi connectivity index (χ2n) is 9.51. The molecule has 5 rings (SSSR count). The molecule has 1 saturated carbocycles. The molecule has 2 amide bonds. The van der Waals surface area contributed by atoms with Gasteiger partial charge in [-0.1, -0.05) is 18.2 Å². The van der Waals surface area contributed by atoms with Gasteiger partial charge >= 0.3 is 6.09 Å². The summed E-state index contributed by atoms with van der Waals surface area (Å²) in [5.74, 6) is -0.0170. The van der Waals surface area contributed by atoms with E-state index >= 15 is 0 Å². The summed E-state index contributed by atoms with van der Waals surface area (Å²) in [7, 11) is 0. The standard InChI is InChI=1S/C28H30N4O3S/c1-2-28(11-12-28)16-23-22-10-15-32(27(34)35-19-20-6-5-13-29-17-20)18-24(22)36-26(23)31-25(33)9-8-21-7-3-4-14-30-21/h2-7,13-14,17H,1,8-12,15-16,18-19H2,(H,31,33). The van der Waals surface area contributed by atoms with Crippen LogP contribution in [0.3, 0.4) is 0 Å². The van der Waals surface area contributed by atoms with Crippen LogP contribution in [0.4, 0.5) is 9.80 Å². The van der Waals surface area contributed by atoms with Gasteiger partial charge in [-0.3, -0.25) is 14.8 Å². The second kappa shape index (κ2) is 10.6.